The Balaban J connectivity index is 1.25. The molecule has 14 aromatic rings. The number of benzene rings is 11. The first-order chi connectivity index (χ1) is 39.0. The van der Waals surface area contributed by atoms with Gasteiger partial charge in [-0.05, 0) is 145 Å². The van der Waals surface area contributed by atoms with Gasteiger partial charge in [-0.1, -0.05) is 97.1 Å². The number of nitrogens with zero attached hydrogens (tertiary/aromatic N) is 3. The lowest BCUT2D eigenvalue weighted by Crippen LogP contribution is -1.90. The van der Waals surface area contributed by atoms with Crippen LogP contribution >= 0.6 is 0 Å². The summed E-state index contributed by atoms with van der Waals surface area (Å²) in [6, 6.07) is 57.0. The van der Waals surface area contributed by atoms with Gasteiger partial charge < -0.3 is 9.97 Å². The Morgan fingerprint density at radius 3 is 0.925 bits per heavy atom. The largest absolute Gasteiger partial charge is 0.353 e. The summed E-state index contributed by atoms with van der Waals surface area (Å²) in [4.78, 5) is 23.9. The molecule has 0 saturated carbocycles. The SMILES string of the molecule is Fc1cc(F)cc(-c2c3nc(c(-c4cc(F)cc(F)c4)c4[nH]c(c(-c5cc(F)cc(F)c5)c5nc(nc6[nH]c2c2cc7ccccc7cc62)-c2cc6ccccc6cc2-5)c2cc5ccccc5cc42)-c2cc4ccccc4cc2-3)c1. The van der Waals surface area contributed by atoms with Gasteiger partial charge in [-0.25, -0.2) is 41.3 Å². The van der Waals surface area contributed by atoms with Gasteiger partial charge in [0.1, 0.15) is 40.6 Å². The summed E-state index contributed by atoms with van der Waals surface area (Å²) in [5.41, 5.74) is 6.01. The lowest BCUT2D eigenvalue weighted by Gasteiger charge is -2.11. The van der Waals surface area contributed by atoms with E-state index in [2.05, 4.69) is 9.97 Å². The fourth-order valence-electron chi connectivity index (χ4n) is 12.3. The fraction of sp³-hybridized carbons (Fsp3) is 0. The predicted molar refractivity (Wildman–Crippen MR) is 309 cm³/mol. The van der Waals surface area contributed by atoms with Crippen molar-refractivity contribution in [1.29, 1.82) is 0 Å². The Hall–Kier alpha value is -10.4. The lowest BCUT2D eigenvalue weighted by atomic mass is 9.91. The summed E-state index contributed by atoms with van der Waals surface area (Å²) in [5, 5.41) is 9.22. The molecule has 2 N–H and O–H groups in total. The van der Waals surface area contributed by atoms with Crippen molar-refractivity contribution in [1.82, 2.24) is 24.9 Å². The maximum atomic E-state index is 16.2. The number of fused-ring (bicyclic) bond motifs is 24. The summed E-state index contributed by atoms with van der Waals surface area (Å²) < 4.78 is 96.7. The van der Waals surface area contributed by atoms with Gasteiger partial charge in [0, 0.05) is 78.7 Å². The van der Waals surface area contributed by atoms with Crippen molar-refractivity contribution in [3.63, 3.8) is 0 Å². The van der Waals surface area contributed by atoms with Crippen LogP contribution in [0.2, 0.25) is 0 Å². The molecule has 378 valence electrons. The normalized spacial score (nSPS) is 12.1. The molecule has 11 aromatic carbocycles. The maximum absolute atomic E-state index is 16.2. The summed E-state index contributed by atoms with van der Waals surface area (Å²) in [6.45, 7) is 0. The standard InChI is InChI=1S/C69H35F6N5/c70-45-17-42(18-46(71)31-45)59-62-51-23-34-9-1-3-11-36(34)25-53(51)64(76-62)60(43-19-47(72)32-48(73)20-43)66-55-27-38-13-5-7-15-40(38)29-57(55)68(78-66)80-69-58-30-41-16-8-6-14-39(41)28-56(58)67(79-69)61(44-21-49(74)33-50(75)22-44)65-54-26-37-12-4-2-10-35(37)24-52(54)63(59)77-65/h1-33,76H,(H,78,79,80). The van der Waals surface area contributed by atoms with Gasteiger partial charge >= 0.3 is 0 Å². The van der Waals surface area contributed by atoms with E-state index in [1.807, 2.05) is 146 Å². The Bertz CT molecular complexity index is 5180. The van der Waals surface area contributed by atoms with Crippen LogP contribution in [0.4, 0.5) is 26.3 Å². The van der Waals surface area contributed by atoms with Gasteiger partial charge in [0.05, 0.1) is 33.6 Å². The quantitative estimate of drug-likeness (QED) is 0.173. The highest BCUT2D eigenvalue weighted by Gasteiger charge is 2.31. The van der Waals surface area contributed by atoms with Crippen LogP contribution in [0.25, 0.3) is 165 Å². The number of hydrogen-bond donors (Lipinski definition) is 2. The van der Waals surface area contributed by atoms with Crippen molar-refractivity contribution in [3.8, 4) is 78.5 Å². The average Bonchev–Trinajstić information content (AvgIpc) is 4.32. The van der Waals surface area contributed by atoms with Gasteiger partial charge in [0.15, 0.2) is 5.82 Å². The molecule has 0 amide bonds. The Morgan fingerprint density at radius 2 is 0.550 bits per heavy atom. The van der Waals surface area contributed by atoms with Gasteiger partial charge in [-0.2, -0.15) is 0 Å². The smallest absolute Gasteiger partial charge is 0.162 e. The summed E-state index contributed by atoms with van der Waals surface area (Å²) in [7, 11) is 0. The highest BCUT2D eigenvalue weighted by Crippen LogP contribution is 2.52. The van der Waals surface area contributed by atoms with Crippen LogP contribution in [0.3, 0.4) is 0 Å². The van der Waals surface area contributed by atoms with E-state index >= 15 is 26.3 Å². The van der Waals surface area contributed by atoms with Crippen LogP contribution in [0, 0.1) is 34.9 Å². The summed E-state index contributed by atoms with van der Waals surface area (Å²) in [5.74, 6) is -4.77. The molecule has 2 aliphatic rings. The van der Waals surface area contributed by atoms with E-state index in [9.17, 15) is 0 Å². The van der Waals surface area contributed by atoms with Crippen molar-refractivity contribution >= 4 is 86.8 Å². The summed E-state index contributed by atoms with van der Waals surface area (Å²) in [6.07, 6.45) is 0. The number of aromatic nitrogens is 5. The molecule has 8 bridgehead atoms. The molecule has 0 spiro atoms. The predicted octanol–water partition coefficient (Wildman–Crippen LogP) is 19.1. The highest BCUT2D eigenvalue weighted by molar-refractivity contribution is 6.23. The topological polar surface area (TPSA) is 70.2 Å². The number of halogens is 6. The van der Waals surface area contributed by atoms with Crippen LogP contribution in [0.5, 0.6) is 0 Å². The van der Waals surface area contributed by atoms with E-state index in [4.69, 9.17) is 15.0 Å². The molecule has 3 aromatic heterocycles. The van der Waals surface area contributed by atoms with Gasteiger partial charge in [0.2, 0.25) is 0 Å². The van der Waals surface area contributed by atoms with Gasteiger partial charge in [0.25, 0.3) is 0 Å². The minimum atomic E-state index is -0.860. The average molecular weight is 1050 g/mol. The second-order valence-electron chi connectivity index (χ2n) is 20.5. The first-order valence-corrected chi connectivity index (χ1v) is 25.8. The number of rotatable bonds is 3. The fourth-order valence-corrected chi connectivity index (χ4v) is 12.3. The minimum Gasteiger partial charge on any atom is -0.353 e. The summed E-state index contributed by atoms with van der Waals surface area (Å²) >= 11 is 0. The van der Waals surface area contributed by atoms with E-state index in [0.717, 1.165) is 61.3 Å². The van der Waals surface area contributed by atoms with Crippen molar-refractivity contribution in [2.75, 3.05) is 0 Å². The van der Waals surface area contributed by atoms with Gasteiger partial charge in [-0.3, -0.25) is 0 Å². The first kappa shape index (κ1) is 45.8. The zero-order chi connectivity index (χ0) is 53.7. The third-order valence-corrected chi connectivity index (χ3v) is 15.7. The highest BCUT2D eigenvalue weighted by atomic mass is 19.2. The van der Waals surface area contributed by atoms with Crippen LogP contribution < -0.4 is 0 Å². The van der Waals surface area contributed by atoms with E-state index in [1.165, 1.54) is 36.4 Å². The van der Waals surface area contributed by atoms with Crippen molar-refractivity contribution in [2.24, 2.45) is 0 Å². The molecular formula is C69H35F6N5. The molecule has 2 aliphatic heterocycles. The zero-order valence-corrected chi connectivity index (χ0v) is 41.7. The number of nitrogens with one attached hydrogen (secondary N) is 2. The molecule has 0 atom stereocenters. The number of aromatic amines is 2. The van der Waals surface area contributed by atoms with E-state index in [-0.39, 0.29) is 33.8 Å². The monoisotopic (exact) mass is 1050 g/mol. The third kappa shape index (κ3) is 7.10. The van der Waals surface area contributed by atoms with Crippen molar-refractivity contribution in [2.45, 2.75) is 0 Å². The molecule has 0 radical (unpaired) electrons. The molecule has 5 heterocycles. The number of H-pyrrole nitrogens is 2. The van der Waals surface area contributed by atoms with Gasteiger partial charge in [-0.15, -0.1) is 0 Å². The van der Waals surface area contributed by atoms with Crippen LogP contribution in [0.15, 0.2) is 200 Å². The molecule has 16 rings (SSSR count). The van der Waals surface area contributed by atoms with Crippen LogP contribution in [-0.4, -0.2) is 24.9 Å². The molecule has 0 unspecified atom stereocenters. The lowest BCUT2D eigenvalue weighted by molar-refractivity contribution is 0.583. The maximum Gasteiger partial charge on any atom is 0.162 e. The molecule has 0 fully saturated rings. The van der Waals surface area contributed by atoms with E-state index in [0.29, 0.717) is 88.5 Å². The molecule has 80 heavy (non-hydrogen) atoms. The third-order valence-electron chi connectivity index (χ3n) is 15.7. The Labute approximate surface area is 449 Å². The Morgan fingerprint density at radius 1 is 0.263 bits per heavy atom. The molecular weight excluding hydrogens is 1010 g/mol. The van der Waals surface area contributed by atoms with Crippen LogP contribution in [0.1, 0.15) is 0 Å². The molecule has 0 aliphatic carbocycles. The Kier molecular flexibility index (Phi) is 9.76. The van der Waals surface area contributed by atoms with Crippen molar-refractivity contribution in [3.05, 3.63) is 235 Å². The second-order valence-corrected chi connectivity index (χ2v) is 20.5. The van der Waals surface area contributed by atoms with Crippen LogP contribution in [-0.2, 0) is 0 Å². The molecule has 5 nitrogen and oxygen atoms in total. The first-order valence-electron chi connectivity index (χ1n) is 25.8. The zero-order valence-electron chi connectivity index (χ0n) is 41.7. The molecule has 11 heteroatoms. The van der Waals surface area contributed by atoms with E-state index < -0.39 is 34.9 Å². The minimum absolute atomic E-state index is 0.103. The number of hydrogen-bond acceptors (Lipinski definition) is 3. The second kappa shape index (κ2) is 17.1. The van der Waals surface area contributed by atoms with Crippen molar-refractivity contribution < 1.29 is 26.3 Å². The van der Waals surface area contributed by atoms with E-state index in [1.54, 1.807) is 0 Å². The molecule has 0 saturated heterocycles.